The summed E-state index contributed by atoms with van der Waals surface area (Å²) >= 11 is 0. The fraction of sp³-hybridized carbons (Fsp3) is 0.188. The second-order valence-corrected chi connectivity index (χ2v) is 4.58. The largest absolute Gasteiger partial charge is 0.454 e. The molecule has 4 nitrogen and oxygen atoms in total. The first kappa shape index (κ1) is 13.6. The molecule has 0 aliphatic carbocycles. The topological polar surface area (TPSA) is 44.8 Å². The fourth-order valence-corrected chi connectivity index (χ4v) is 2.02. The van der Waals surface area contributed by atoms with Crippen LogP contribution < -0.4 is 9.47 Å². The molecule has 0 spiro atoms. The molecular weight excluding hydrogens is 275 g/mol. The number of carbonyl (C=O) groups excluding carboxylic acids is 1. The molecule has 0 radical (unpaired) electrons. The highest BCUT2D eigenvalue weighted by Crippen LogP contribution is 2.32. The molecule has 0 amide bonds. The molecule has 0 fully saturated rings. The Hall–Kier alpha value is -2.40. The zero-order valence-corrected chi connectivity index (χ0v) is 11.2. The van der Waals surface area contributed by atoms with Crippen molar-refractivity contribution in [2.24, 2.45) is 0 Å². The van der Waals surface area contributed by atoms with Crippen LogP contribution >= 0.6 is 0 Å². The van der Waals surface area contributed by atoms with Crippen molar-refractivity contribution >= 4 is 5.78 Å². The molecule has 108 valence electrons. The van der Waals surface area contributed by atoms with Crippen LogP contribution in [0.1, 0.15) is 15.9 Å². The van der Waals surface area contributed by atoms with Crippen molar-refractivity contribution in [3.63, 3.8) is 0 Å². The normalized spacial score (nSPS) is 12.4. The highest BCUT2D eigenvalue weighted by atomic mass is 19.1. The second kappa shape index (κ2) is 5.93. The zero-order valence-electron chi connectivity index (χ0n) is 11.2. The summed E-state index contributed by atoms with van der Waals surface area (Å²) in [4.78, 5) is 12.0. The summed E-state index contributed by atoms with van der Waals surface area (Å²) in [6, 6.07) is 11.3. The molecule has 5 heteroatoms. The lowest BCUT2D eigenvalue weighted by Crippen LogP contribution is -2.09. The summed E-state index contributed by atoms with van der Waals surface area (Å²) in [5.41, 5.74) is 0.906. The Balaban J connectivity index is 1.58. The average molecular weight is 288 g/mol. The summed E-state index contributed by atoms with van der Waals surface area (Å²) in [5, 5.41) is 0. The fourth-order valence-electron chi connectivity index (χ4n) is 2.02. The van der Waals surface area contributed by atoms with E-state index in [1.807, 2.05) is 0 Å². The minimum Gasteiger partial charge on any atom is -0.454 e. The van der Waals surface area contributed by atoms with Gasteiger partial charge in [-0.2, -0.15) is 0 Å². The van der Waals surface area contributed by atoms with Crippen LogP contribution in [0.15, 0.2) is 42.5 Å². The van der Waals surface area contributed by atoms with Gasteiger partial charge in [0.1, 0.15) is 12.4 Å². The van der Waals surface area contributed by atoms with Crippen LogP contribution in [-0.2, 0) is 11.3 Å². The molecule has 2 aromatic rings. The van der Waals surface area contributed by atoms with Crippen molar-refractivity contribution in [1.29, 1.82) is 0 Å². The SMILES string of the molecule is O=C(COCc1ccccc1F)c1ccc2c(c1)OCO2. The van der Waals surface area contributed by atoms with Gasteiger partial charge in [0.05, 0.1) is 6.61 Å². The third-order valence-electron chi connectivity index (χ3n) is 3.14. The van der Waals surface area contributed by atoms with E-state index < -0.39 is 0 Å². The van der Waals surface area contributed by atoms with Gasteiger partial charge < -0.3 is 14.2 Å². The molecule has 1 aliphatic rings. The molecule has 0 N–H and O–H groups in total. The van der Waals surface area contributed by atoms with Gasteiger partial charge in [0, 0.05) is 11.1 Å². The highest BCUT2D eigenvalue weighted by molar-refractivity contribution is 5.97. The van der Waals surface area contributed by atoms with Crippen molar-refractivity contribution in [2.45, 2.75) is 6.61 Å². The van der Waals surface area contributed by atoms with Gasteiger partial charge in [-0.1, -0.05) is 18.2 Å². The lowest BCUT2D eigenvalue weighted by Gasteiger charge is -2.05. The summed E-state index contributed by atoms with van der Waals surface area (Å²) < 4.78 is 29.1. The highest BCUT2D eigenvalue weighted by Gasteiger charge is 2.16. The number of carbonyl (C=O) groups is 1. The molecule has 0 bridgehead atoms. The smallest absolute Gasteiger partial charge is 0.231 e. The van der Waals surface area contributed by atoms with E-state index in [-0.39, 0.29) is 31.6 Å². The number of rotatable bonds is 5. The zero-order chi connectivity index (χ0) is 14.7. The van der Waals surface area contributed by atoms with Crippen LogP contribution in [0.3, 0.4) is 0 Å². The van der Waals surface area contributed by atoms with Crippen molar-refractivity contribution in [2.75, 3.05) is 13.4 Å². The third kappa shape index (κ3) is 3.03. The number of ketones is 1. The number of benzene rings is 2. The molecule has 1 aliphatic heterocycles. The number of Topliss-reactive ketones (excluding diaryl/α,β-unsaturated/α-hetero) is 1. The van der Waals surface area contributed by atoms with Crippen molar-refractivity contribution < 1.29 is 23.4 Å². The van der Waals surface area contributed by atoms with E-state index in [9.17, 15) is 9.18 Å². The standard InChI is InChI=1S/C16H13FO4/c17-13-4-2-1-3-12(13)8-19-9-14(18)11-5-6-15-16(7-11)21-10-20-15/h1-7H,8-10H2. The Labute approximate surface area is 121 Å². The van der Waals surface area contributed by atoms with Gasteiger partial charge in [-0.3, -0.25) is 4.79 Å². The maximum absolute atomic E-state index is 13.4. The molecule has 3 rings (SSSR count). The lowest BCUT2D eigenvalue weighted by molar-refractivity contribution is 0.0720. The first-order valence-electron chi connectivity index (χ1n) is 6.48. The van der Waals surface area contributed by atoms with Crippen LogP contribution in [0.4, 0.5) is 4.39 Å². The molecule has 1 heterocycles. The van der Waals surface area contributed by atoms with Crippen molar-refractivity contribution in [3.05, 3.63) is 59.4 Å². The third-order valence-corrected chi connectivity index (χ3v) is 3.14. The first-order valence-corrected chi connectivity index (χ1v) is 6.48. The van der Waals surface area contributed by atoms with Gasteiger partial charge >= 0.3 is 0 Å². The van der Waals surface area contributed by atoms with Crippen LogP contribution in [0.5, 0.6) is 11.5 Å². The number of halogens is 1. The number of ether oxygens (including phenoxy) is 3. The van der Waals surface area contributed by atoms with Crippen LogP contribution in [0.2, 0.25) is 0 Å². The van der Waals surface area contributed by atoms with Gasteiger partial charge in [-0.05, 0) is 24.3 Å². The number of hydrogen-bond donors (Lipinski definition) is 0. The van der Waals surface area contributed by atoms with E-state index in [4.69, 9.17) is 14.2 Å². The first-order chi connectivity index (χ1) is 10.2. The number of hydrogen-bond acceptors (Lipinski definition) is 4. The quantitative estimate of drug-likeness (QED) is 0.793. The minimum absolute atomic E-state index is 0.0585. The maximum Gasteiger partial charge on any atom is 0.231 e. The summed E-state index contributed by atoms with van der Waals surface area (Å²) in [6.45, 7) is 0.105. The second-order valence-electron chi connectivity index (χ2n) is 4.58. The predicted octanol–water partition coefficient (Wildman–Crippen LogP) is 2.95. The Morgan fingerprint density at radius 1 is 1.14 bits per heavy atom. The van der Waals surface area contributed by atoms with Crippen LogP contribution in [0.25, 0.3) is 0 Å². The van der Waals surface area contributed by atoms with Gasteiger partial charge in [0.25, 0.3) is 0 Å². The summed E-state index contributed by atoms with van der Waals surface area (Å²) in [5.74, 6) is 0.645. The molecule has 21 heavy (non-hydrogen) atoms. The van der Waals surface area contributed by atoms with Gasteiger partial charge in [0.15, 0.2) is 17.3 Å². The molecular formula is C16H13FO4. The molecule has 2 aromatic carbocycles. The summed E-state index contributed by atoms with van der Waals surface area (Å²) in [7, 11) is 0. The molecule has 0 saturated carbocycles. The average Bonchev–Trinajstić information content (AvgIpc) is 2.96. The van der Waals surface area contributed by atoms with E-state index in [0.29, 0.717) is 22.6 Å². The Morgan fingerprint density at radius 2 is 1.95 bits per heavy atom. The van der Waals surface area contributed by atoms with Crippen LogP contribution in [0, 0.1) is 5.82 Å². The number of fused-ring (bicyclic) bond motifs is 1. The molecule has 0 saturated heterocycles. The van der Waals surface area contributed by atoms with E-state index in [1.54, 1.807) is 36.4 Å². The van der Waals surface area contributed by atoms with Crippen molar-refractivity contribution in [3.8, 4) is 11.5 Å². The van der Waals surface area contributed by atoms with Gasteiger partial charge in [-0.15, -0.1) is 0 Å². The van der Waals surface area contributed by atoms with E-state index in [1.165, 1.54) is 6.07 Å². The molecule has 0 unspecified atom stereocenters. The molecule has 0 atom stereocenters. The molecule has 0 aromatic heterocycles. The van der Waals surface area contributed by atoms with E-state index >= 15 is 0 Å². The lowest BCUT2D eigenvalue weighted by atomic mass is 10.1. The van der Waals surface area contributed by atoms with E-state index in [0.717, 1.165) is 0 Å². The van der Waals surface area contributed by atoms with E-state index in [2.05, 4.69) is 0 Å². The maximum atomic E-state index is 13.4. The Bertz CT molecular complexity index is 669. The van der Waals surface area contributed by atoms with Crippen molar-refractivity contribution in [1.82, 2.24) is 0 Å². The monoisotopic (exact) mass is 288 g/mol. The van der Waals surface area contributed by atoms with Crippen LogP contribution in [-0.4, -0.2) is 19.2 Å². The summed E-state index contributed by atoms with van der Waals surface area (Å²) in [6.07, 6.45) is 0. The minimum atomic E-state index is -0.340. The Kier molecular flexibility index (Phi) is 3.83. The predicted molar refractivity (Wildman–Crippen MR) is 73.0 cm³/mol. The Morgan fingerprint density at radius 3 is 2.81 bits per heavy atom. The van der Waals surface area contributed by atoms with Gasteiger partial charge in [-0.25, -0.2) is 4.39 Å². The van der Waals surface area contributed by atoms with Gasteiger partial charge in [0.2, 0.25) is 6.79 Å².